The van der Waals surface area contributed by atoms with Crippen LogP contribution in [0.2, 0.25) is 0 Å². The molecule has 2 aromatic rings. The average Bonchev–Trinajstić information content (AvgIpc) is 2.81. The number of aromatic nitrogens is 2. The summed E-state index contributed by atoms with van der Waals surface area (Å²) in [6, 6.07) is 8.43. The van der Waals surface area contributed by atoms with Crippen LogP contribution in [-0.4, -0.2) is 17.1 Å². The molecule has 0 bridgehead atoms. The fourth-order valence-corrected chi connectivity index (χ4v) is 4.60. The Labute approximate surface area is 142 Å². The number of nitrogens with zero attached hydrogens (tertiary/aromatic N) is 1. The summed E-state index contributed by atoms with van der Waals surface area (Å²) >= 11 is 0. The van der Waals surface area contributed by atoms with Crippen LogP contribution in [0.15, 0.2) is 29.1 Å². The Hall–Kier alpha value is -1.94. The highest BCUT2D eigenvalue weighted by atomic mass is 16.5. The number of hydrogen-bond acceptors (Lipinski definition) is 3. The number of hydrogen-bond donors (Lipinski definition) is 1. The summed E-state index contributed by atoms with van der Waals surface area (Å²) in [7, 11) is 1.63. The Morgan fingerprint density at radius 1 is 1.17 bits per heavy atom. The van der Waals surface area contributed by atoms with Crippen molar-refractivity contribution in [3.05, 3.63) is 51.6 Å². The van der Waals surface area contributed by atoms with Gasteiger partial charge in [0.2, 0.25) is 0 Å². The van der Waals surface area contributed by atoms with E-state index in [1.54, 1.807) is 7.11 Å². The minimum atomic E-state index is -0.0492. The molecular formula is C20H24N2O2. The minimum Gasteiger partial charge on any atom is -0.377 e. The van der Waals surface area contributed by atoms with Crippen molar-refractivity contribution in [2.75, 3.05) is 7.11 Å². The molecule has 1 N–H and O–H groups in total. The van der Waals surface area contributed by atoms with E-state index in [4.69, 9.17) is 9.72 Å². The maximum Gasteiger partial charge on any atom is 0.255 e. The Kier molecular flexibility index (Phi) is 4.01. The van der Waals surface area contributed by atoms with Crippen molar-refractivity contribution in [3.63, 3.8) is 0 Å². The second kappa shape index (κ2) is 6.17. The zero-order valence-electron chi connectivity index (χ0n) is 14.2. The number of H-pyrrole nitrogens is 1. The molecule has 4 nitrogen and oxygen atoms in total. The maximum atomic E-state index is 13.0. The van der Waals surface area contributed by atoms with Crippen LogP contribution in [0.25, 0.3) is 11.3 Å². The lowest BCUT2D eigenvalue weighted by Gasteiger charge is -2.38. The smallest absolute Gasteiger partial charge is 0.255 e. The number of benzene rings is 1. The van der Waals surface area contributed by atoms with Gasteiger partial charge in [-0.15, -0.1) is 0 Å². The molecule has 24 heavy (non-hydrogen) atoms. The number of nitrogens with one attached hydrogen (secondary N) is 1. The molecule has 1 aromatic heterocycles. The molecule has 0 amide bonds. The van der Waals surface area contributed by atoms with Gasteiger partial charge in [0.15, 0.2) is 0 Å². The number of fused-ring (bicyclic) bond motifs is 4. The standard InChI is InChI=1S/C20H24N2O2/c1-24-13-16-21-18-15-9-5-4-8-14(15)12-20(17(18)19(23)22-16)10-6-2-3-7-11-20/h4-5,8-9H,2-3,6-7,10-13H2,1H3,(H,21,22,23). The molecule has 1 fully saturated rings. The van der Waals surface area contributed by atoms with Gasteiger partial charge in [-0.3, -0.25) is 4.79 Å². The predicted molar refractivity (Wildman–Crippen MR) is 94.1 cm³/mol. The van der Waals surface area contributed by atoms with Crippen LogP contribution in [0.4, 0.5) is 0 Å². The van der Waals surface area contributed by atoms with Crippen molar-refractivity contribution < 1.29 is 4.74 Å². The molecule has 0 unspecified atom stereocenters. The number of methoxy groups -OCH3 is 1. The van der Waals surface area contributed by atoms with Crippen molar-refractivity contribution in [1.29, 1.82) is 0 Å². The second-order valence-electron chi connectivity index (χ2n) is 7.20. The molecule has 0 atom stereocenters. The number of ether oxygens (including phenoxy) is 1. The highest BCUT2D eigenvalue weighted by Crippen LogP contribution is 2.47. The topological polar surface area (TPSA) is 55.0 Å². The molecule has 1 saturated carbocycles. The van der Waals surface area contributed by atoms with Crippen molar-refractivity contribution in [1.82, 2.24) is 9.97 Å². The van der Waals surface area contributed by atoms with Crippen LogP contribution in [0.5, 0.6) is 0 Å². The largest absolute Gasteiger partial charge is 0.377 e. The van der Waals surface area contributed by atoms with Gasteiger partial charge in [0, 0.05) is 18.1 Å². The van der Waals surface area contributed by atoms with Crippen molar-refractivity contribution in [2.24, 2.45) is 0 Å². The summed E-state index contributed by atoms with van der Waals surface area (Å²) in [5.41, 5.74) is 4.23. The van der Waals surface area contributed by atoms with E-state index in [0.717, 1.165) is 36.1 Å². The molecule has 2 aliphatic carbocycles. The average molecular weight is 324 g/mol. The van der Waals surface area contributed by atoms with E-state index in [1.807, 2.05) is 6.07 Å². The third-order valence-electron chi connectivity index (χ3n) is 5.64. The second-order valence-corrected chi connectivity index (χ2v) is 7.20. The Morgan fingerprint density at radius 3 is 2.67 bits per heavy atom. The van der Waals surface area contributed by atoms with Gasteiger partial charge < -0.3 is 9.72 Å². The summed E-state index contributed by atoms with van der Waals surface area (Å²) < 4.78 is 5.19. The Morgan fingerprint density at radius 2 is 1.92 bits per heavy atom. The molecule has 4 heteroatoms. The fraction of sp³-hybridized carbons (Fsp3) is 0.500. The molecule has 1 heterocycles. The maximum absolute atomic E-state index is 13.0. The summed E-state index contributed by atoms with van der Waals surface area (Å²) in [6.45, 7) is 0.331. The van der Waals surface area contributed by atoms with Gasteiger partial charge in [-0.05, 0) is 24.8 Å². The fourth-order valence-electron chi connectivity index (χ4n) is 4.60. The zero-order valence-corrected chi connectivity index (χ0v) is 14.2. The lowest BCUT2D eigenvalue weighted by atomic mass is 9.65. The Balaban J connectivity index is 1.96. The lowest BCUT2D eigenvalue weighted by Crippen LogP contribution is -2.39. The summed E-state index contributed by atoms with van der Waals surface area (Å²) in [4.78, 5) is 20.8. The molecule has 1 spiro atoms. The van der Waals surface area contributed by atoms with Crippen LogP contribution in [0, 0.1) is 0 Å². The summed E-state index contributed by atoms with van der Waals surface area (Å²) in [5, 5.41) is 0. The van der Waals surface area contributed by atoms with Gasteiger partial charge in [-0.2, -0.15) is 0 Å². The molecule has 0 aliphatic heterocycles. The van der Waals surface area contributed by atoms with E-state index in [9.17, 15) is 4.79 Å². The highest BCUT2D eigenvalue weighted by Gasteiger charge is 2.41. The molecule has 126 valence electrons. The Bertz CT molecular complexity index is 802. The third kappa shape index (κ3) is 2.49. The van der Waals surface area contributed by atoms with Crippen LogP contribution < -0.4 is 5.56 Å². The molecular weight excluding hydrogens is 300 g/mol. The van der Waals surface area contributed by atoms with Crippen molar-refractivity contribution in [3.8, 4) is 11.3 Å². The van der Waals surface area contributed by atoms with Gasteiger partial charge in [-0.25, -0.2) is 4.98 Å². The molecule has 0 radical (unpaired) electrons. The zero-order chi connectivity index (χ0) is 16.6. The summed E-state index contributed by atoms with van der Waals surface area (Å²) in [6.07, 6.45) is 8.06. The first-order valence-electron chi connectivity index (χ1n) is 8.94. The van der Waals surface area contributed by atoms with E-state index in [0.29, 0.717) is 12.4 Å². The first-order valence-corrected chi connectivity index (χ1v) is 8.94. The molecule has 1 aromatic carbocycles. The normalized spacial score (nSPS) is 18.7. The van der Waals surface area contributed by atoms with Gasteiger partial charge in [0.25, 0.3) is 5.56 Å². The number of rotatable bonds is 2. The van der Waals surface area contributed by atoms with Crippen molar-refractivity contribution >= 4 is 0 Å². The first-order chi connectivity index (χ1) is 11.7. The SMILES string of the molecule is COCc1nc2c(c(=O)[nH]1)C1(CCCCCC1)Cc1ccccc1-2. The predicted octanol–water partition coefficient (Wildman–Crippen LogP) is 3.73. The van der Waals surface area contributed by atoms with E-state index in [2.05, 4.69) is 23.2 Å². The van der Waals surface area contributed by atoms with Crippen LogP contribution in [-0.2, 0) is 23.2 Å². The van der Waals surface area contributed by atoms with Gasteiger partial charge >= 0.3 is 0 Å². The van der Waals surface area contributed by atoms with Gasteiger partial charge in [0.05, 0.1) is 11.3 Å². The third-order valence-corrected chi connectivity index (χ3v) is 5.64. The molecule has 0 saturated heterocycles. The van der Waals surface area contributed by atoms with Crippen LogP contribution in [0.3, 0.4) is 0 Å². The van der Waals surface area contributed by atoms with Crippen molar-refractivity contribution in [2.45, 2.75) is 57.0 Å². The monoisotopic (exact) mass is 324 g/mol. The summed E-state index contributed by atoms with van der Waals surface area (Å²) in [5.74, 6) is 0.613. The van der Waals surface area contributed by atoms with Crippen LogP contribution in [0.1, 0.15) is 55.5 Å². The van der Waals surface area contributed by atoms with Gasteiger partial charge in [0.1, 0.15) is 12.4 Å². The van der Waals surface area contributed by atoms with E-state index >= 15 is 0 Å². The van der Waals surface area contributed by atoms with Crippen LogP contribution >= 0.6 is 0 Å². The quantitative estimate of drug-likeness (QED) is 0.916. The first kappa shape index (κ1) is 15.6. The molecule has 2 aliphatic rings. The minimum absolute atomic E-state index is 0.0310. The van der Waals surface area contributed by atoms with Gasteiger partial charge in [-0.1, -0.05) is 49.9 Å². The van der Waals surface area contributed by atoms with E-state index in [1.165, 1.54) is 31.2 Å². The lowest BCUT2D eigenvalue weighted by molar-refractivity contribution is 0.177. The molecule has 4 rings (SSSR count). The highest BCUT2D eigenvalue weighted by molar-refractivity contribution is 5.71. The van der Waals surface area contributed by atoms with E-state index < -0.39 is 0 Å². The number of aromatic amines is 1. The van der Waals surface area contributed by atoms with E-state index in [-0.39, 0.29) is 11.0 Å².